The summed E-state index contributed by atoms with van der Waals surface area (Å²) in [6, 6.07) is 5.28. The Kier molecular flexibility index (Phi) is 9.16. The summed E-state index contributed by atoms with van der Waals surface area (Å²) in [5, 5.41) is 11.1. The zero-order valence-corrected chi connectivity index (χ0v) is 18.1. The van der Waals surface area contributed by atoms with Gasteiger partial charge in [0.2, 0.25) is 0 Å². The van der Waals surface area contributed by atoms with Crippen LogP contribution in [0.15, 0.2) is 23.2 Å². The van der Waals surface area contributed by atoms with Gasteiger partial charge in [-0.2, -0.15) is 0 Å². The molecule has 156 valence electrons. The highest BCUT2D eigenvalue weighted by Gasteiger charge is 2.40. The molecular weight excluding hydrogens is 374 g/mol. The summed E-state index contributed by atoms with van der Waals surface area (Å²) in [5.74, 6) is 0.995. The van der Waals surface area contributed by atoms with Crippen LogP contribution in [-0.2, 0) is 9.53 Å². The third kappa shape index (κ3) is 6.43. The number of nitrogens with zero attached hydrogens (tertiary/aromatic N) is 1. The first-order valence-electron chi connectivity index (χ1n) is 10.4. The Balaban J connectivity index is 1.93. The predicted molar refractivity (Wildman–Crippen MR) is 116 cm³/mol. The Bertz CT molecular complexity index is 677. The van der Waals surface area contributed by atoms with Crippen molar-refractivity contribution in [2.24, 2.45) is 4.99 Å². The van der Waals surface area contributed by atoms with Crippen LogP contribution in [0.25, 0.3) is 0 Å². The first-order chi connectivity index (χ1) is 13.5. The van der Waals surface area contributed by atoms with Gasteiger partial charge >= 0.3 is 5.97 Å². The molecule has 5 nitrogen and oxygen atoms in total. The van der Waals surface area contributed by atoms with E-state index in [0.717, 1.165) is 25.7 Å². The van der Waals surface area contributed by atoms with Gasteiger partial charge in [-0.25, -0.2) is 4.79 Å². The minimum atomic E-state index is -0.895. The van der Waals surface area contributed by atoms with E-state index in [2.05, 4.69) is 18.8 Å². The van der Waals surface area contributed by atoms with Crippen molar-refractivity contribution in [1.82, 2.24) is 0 Å². The number of aromatic hydroxyl groups is 1. The summed E-state index contributed by atoms with van der Waals surface area (Å²) in [6.45, 7) is 7.12. The number of rotatable bonds is 12. The number of esters is 1. The summed E-state index contributed by atoms with van der Waals surface area (Å²) in [5.41, 5.74) is -0.265. The van der Waals surface area contributed by atoms with Gasteiger partial charge in [0.05, 0.1) is 13.2 Å². The Labute approximate surface area is 172 Å². The van der Waals surface area contributed by atoms with Crippen LogP contribution in [0.5, 0.6) is 11.5 Å². The molecule has 1 aromatic rings. The minimum Gasteiger partial charge on any atom is -0.507 e. The maximum absolute atomic E-state index is 12.3. The van der Waals surface area contributed by atoms with Gasteiger partial charge < -0.3 is 14.6 Å². The second-order valence-electron chi connectivity index (χ2n) is 7.41. The van der Waals surface area contributed by atoms with Crippen LogP contribution in [0.2, 0.25) is 0 Å². The van der Waals surface area contributed by atoms with E-state index in [0.29, 0.717) is 35.3 Å². The predicted octanol–water partition coefficient (Wildman–Crippen LogP) is 5.34. The van der Waals surface area contributed by atoms with Crippen molar-refractivity contribution in [3.05, 3.63) is 23.8 Å². The molecule has 0 saturated heterocycles. The average Bonchev–Trinajstić information content (AvgIpc) is 3.08. The van der Waals surface area contributed by atoms with Crippen LogP contribution in [0, 0.1) is 0 Å². The normalized spacial score (nSPS) is 18.8. The van der Waals surface area contributed by atoms with Crippen LogP contribution >= 0.6 is 11.8 Å². The van der Waals surface area contributed by atoms with Crippen LogP contribution in [0.3, 0.4) is 0 Å². The second kappa shape index (κ2) is 11.3. The fourth-order valence-corrected chi connectivity index (χ4v) is 4.08. The fourth-order valence-electron chi connectivity index (χ4n) is 2.88. The Morgan fingerprint density at radius 1 is 1.14 bits per heavy atom. The largest absolute Gasteiger partial charge is 0.507 e. The van der Waals surface area contributed by atoms with Gasteiger partial charge in [-0.15, -0.1) is 11.8 Å². The second-order valence-corrected chi connectivity index (χ2v) is 8.37. The van der Waals surface area contributed by atoms with Gasteiger partial charge in [0.25, 0.3) is 0 Å². The lowest BCUT2D eigenvalue weighted by Gasteiger charge is -2.17. The molecule has 0 spiro atoms. The summed E-state index contributed by atoms with van der Waals surface area (Å²) in [7, 11) is 0. The zero-order chi connectivity index (χ0) is 20.4. The number of ether oxygens (including phenoxy) is 2. The number of thioether (sulfide) groups is 1. The summed E-state index contributed by atoms with van der Waals surface area (Å²) in [6.07, 6.45) is 7.75. The molecule has 1 aromatic carbocycles. The molecular formula is C22H33NO4S. The molecule has 1 atom stereocenters. The van der Waals surface area contributed by atoms with Gasteiger partial charge in [-0.05, 0) is 31.9 Å². The van der Waals surface area contributed by atoms with Gasteiger partial charge in [-0.3, -0.25) is 4.99 Å². The van der Waals surface area contributed by atoms with Crippen LogP contribution in [-0.4, -0.2) is 40.6 Å². The number of hydrogen-bond donors (Lipinski definition) is 1. The van der Waals surface area contributed by atoms with Crippen molar-refractivity contribution in [2.75, 3.05) is 19.0 Å². The van der Waals surface area contributed by atoms with E-state index in [1.165, 1.54) is 31.0 Å². The molecule has 0 bridgehead atoms. The quantitative estimate of drug-likeness (QED) is 0.374. The number of phenolic OH excluding ortho intramolecular Hbond substituents is 1. The topological polar surface area (TPSA) is 68.1 Å². The lowest BCUT2D eigenvalue weighted by Crippen LogP contribution is -2.35. The van der Waals surface area contributed by atoms with E-state index >= 15 is 0 Å². The smallest absolute Gasteiger partial charge is 0.334 e. The molecule has 1 aliphatic rings. The molecule has 0 aliphatic carbocycles. The van der Waals surface area contributed by atoms with Gasteiger partial charge in [0.15, 0.2) is 5.54 Å². The van der Waals surface area contributed by atoms with E-state index < -0.39 is 5.54 Å². The molecule has 0 fully saturated rings. The van der Waals surface area contributed by atoms with E-state index in [9.17, 15) is 9.90 Å². The van der Waals surface area contributed by atoms with Crippen molar-refractivity contribution >= 4 is 22.8 Å². The molecule has 0 aromatic heterocycles. The highest BCUT2D eigenvalue weighted by Crippen LogP contribution is 2.36. The number of unbranched alkanes of at least 4 members (excludes halogenated alkanes) is 5. The number of aliphatic imine (C=N–C) groups is 1. The van der Waals surface area contributed by atoms with Crippen molar-refractivity contribution < 1.29 is 19.4 Å². The van der Waals surface area contributed by atoms with Gasteiger partial charge in [0, 0.05) is 17.4 Å². The summed E-state index contributed by atoms with van der Waals surface area (Å²) < 4.78 is 11.1. The van der Waals surface area contributed by atoms with Crippen LogP contribution in [0.1, 0.15) is 71.3 Å². The molecule has 0 radical (unpaired) electrons. The number of benzene rings is 1. The molecule has 1 aliphatic heterocycles. The van der Waals surface area contributed by atoms with E-state index in [1.807, 2.05) is 12.1 Å². The van der Waals surface area contributed by atoms with Crippen molar-refractivity contribution in [1.29, 1.82) is 0 Å². The first kappa shape index (κ1) is 22.6. The third-order valence-corrected chi connectivity index (χ3v) is 6.02. The first-order valence-corrected chi connectivity index (χ1v) is 11.3. The van der Waals surface area contributed by atoms with Crippen molar-refractivity contribution in [2.45, 2.75) is 71.3 Å². The molecule has 0 unspecified atom stereocenters. The highest BCUT2D eigenvalue weighted by atomic mass is 32.2. The van der Waals surface area contributed by atoms with E-state index in [1.54, 1.807) is 13.0 Å². The number of hydrogen-bond acceptors (Lipinski definition) is 6. The molecule has 6 heteroatoms. The lowest BCUT2D eigenvalue weighted by atomic mass is 10.1. The molecule has 0 amide bonds. The molecule has 2 rings (SSSR count). The maximum Gasteiger partial charge on any atom is 0.334 e. The molecule has 1 heterocycles. The molecule has 1 N–H and O–H groups in total. The molecule has 0 saturated carbocycles. The van der Waals surface area contributed by atoms with Gasteiger partial charge in [0.1, 0.15) is 16.5 Å². The molecule has 28 heavy (non-hydrogen) atoms. The lowest BCUT2D eigenvalue weighted by molar-refractivity contribution is -0.148. The van der Waals surface area contributed by atoms with Gasteiger partial charge in [-0.1, -0.05) is 46.0 Å². The Morgan fingerprint density at radius 3 is 2.61 bits per heavy atom. The van der Waals surface area contributed by atoms with Crippen molar-refractivity contribution in [3.8, 4) is 11.5 Å². The van der Waals surface area contributed by atoms with Crippen LogP contribution < -0.4 is 4.74 Å². The summed E-state index contributed by atoms with van der Waals surface area (Å²) >= 11 is 1.47. The maximum atomic E-state index is 12.3. The third-order valence-electron chi connectivity index (χ3n) is 4.73. The van der Waals surface area contributed by atoms with Crippen LogP contribution in [0.4, 0.5) is 0 Å². The Hall–Kier alpha value is -1.69. The average molecular weight is 408 g/mol. The number of carbonyl (C=O) groups excluding carboxylic acids is 1. The van der Waals surface area contributed by atoms with Crippen molar-refractivity contribution in [3.63, 3.8) is 0 Å². The minimum absolute atomic E-state index is 0.123. The highest BCUT2D eigenvalue weighted by molar-refractivity contribution is 8.14. The number of carbonyl (C=O) groups is 1. The Morgan fingerprint density at radius 2 is 1.89 bits per heavy atom. The van der Waals surface area contributed by atoms with E-state index in [-0.39, 0.29) is 11.7 Å². The number of phenols is 1. The SMILES string of the molecule is CCCCCCCOc1ccc(C2=N[C@@](C)(C(=O)OCCCC)CS2)c(O)c1. The standard InChI is InChI=1S/C22H33NO4S/c1-4-6-8-9-10-14-26-17-11-12-18(19(24)15-17)20-23-22(3,16-28-20)21(25)27-13-7-5-2/h11-12,15,24H,4-10,13-14,16H2,1-3H3/t22-/m1/s1. The van der Waals surface area contributed by atoms with E-state index in [4.69, 9.17) is 9.47 Å². The monoisotopic (exact) mass is 407 g/mol. The fraction of sp³-hybridized carbons (Fsp3) is 0.636. The summed E-state index contributed by atoms with van der Waals surface area (Å²) in [4.78, 5) is 16.9. The zero-order valence-electron chi connectivity index (χ0n) is 17.3.